The van der Waals surface area contributed by atoms with Crippen molar-refractivity contribution in [3.8, 4) is 0 Å². The molecule has 2 N–H and O–H groups in total. The van der Waals surface area contributed by atoms with E-state index in [4.69, 9.17) is 5.11 Å². The molecule has 6 nitrogen and oxygen atoms in total. The highest BCUT2D eigenvalue weighted by molar-refractivity contribution is 7.90. The van der Waals surface area contributed by atoms with Crippen molar-refractivity contribution >= 4 is 21.7 Å². The van der Waals surface area contributed by atoms with Crippen molar-refractivity contribution < 1.29 is 23.1 Å². The summed E-state index contributed by atoms with van der Waals surface area (Å²) in [7, 11) is -3.42. The number of sulfone groups is 1. The molecule has 1 amide bonds. The summed E-state index contributed by atoms with van der Waals surface area (Å²) in [6.07, 6.45) is 1.29. The summed E-state index contributed by atoms with van der Waals surface area (Å²) in [6, 6.07) is 3.20. The van der Waals surface area contributed by atoms with Gasteiger partial charge in [-0.05, 0) is 31.0 Å². The van der Waals surface area contributed by atoms with Gasteiger partial charge in [-0.2, -0.15) is 0 Å². The summed E-state index contributed by atoms with van der Waals surface area (Å²) in [5.41, 5.74) is 0.739. The number of carbonyl (C=O) groups excluding carboxylic acids is 1. The summed E-state index contributed by atoms with van der Waals surface area (Å²) in [5, 5.41) is 11.3. The van der Waals surface area contributed by atoms with Crippen LogP contribution < -0.4 is 5.32 Å². The van der Waals surface area contributed by atoms with Crippen LogP contribution in [0.5, 0.6) is 0 Å². The van der Waals surface area contributed by atoms with E-state index in [1.165, 1.54) is 18.2 Å². The summed E-state index contributed by atoms with van der Waals surface area (Å²) < 4.78 is 23.0. The summed E-state index contributed by atoms with van der Waals surface area (Å²) in [5.74, 6) is -1.72. The first-order valence-corrected chi connectivity index (χ1v) is 7.90. The second-order valence-electron chi connectivity index (χ2n) is 4.52. The van der Waals surface area contributed by atoms with Gasteiger partial charge in [0.1, 0.15) is 6.04 Å². The molecule has 0 fully saturated rings. The molecule has 1 aromatic rings. The predicted molar refractivity (Wildman–Crippen MR) is 73.5 cm³/mol. The molecular weight excluding hydrogens is 282 g/mol. The molecule has 0 aliphatic carbocycles. The van der Waals surface area contributed by atoms with Crippen LogP contribution in [0.25, 0.3) is 0 Å². The predicted octanol–water partition coefficient (Wildman–Crippen LogP) is 0.992. The molecule has 0 saturated carbocycles. The van der Waals surface area contributed by atoms with Crippen LogP contribution in [0, 0.1) is 6.92 Å². The molecule has 0 heterocycles. The van der Waals surface area contributed by atoms with E-state index in [0.717, 1.165) is 6.26 Å². The van der Waals surface area contributed by atoms with Crippen molar-refractivity contribution in [1.82, 2.24) is 5.32 Å². The SMILES string of the molecule is CCC(NC(=O)c1cc(S(C)(=O)=O)ccc1C)C(=O)O. The third-order valence-corrected chi connectivity index (χ3v) is 4.00. The van der Waals surface area contributed by atoms with Gasteiger partial charge in [0.25, 0.3) is 5.91 Å². The van der Waals surface area contributed by atoms with Crippen LogP contribution in [0.4, 0.5) is 0 Å². The van der Waals surface area contributed by atoms with E-state index in [2.05, 4.69) is 5.32 Å². The molecule has 1 aromatic carbocycles. The van der Waals surface area contributed by atoms with Crippen molar-refractivity contribution in [2.45, 2.75) is 31.2 Å². The van der Waals surface area contributed by atoms with Crippen LogP contribution >= 0.6 is 0 Å². The highest BCUT2D eigenvalue weighted by Gasteiger charge is 2.20. The minimum Gasteiger partial charge on any atom is -0.480 e. The second kappa shape index (κ2) is 6.04. The number of amides is 1. The van der Waals surface area contributed by atoms with Crippen molar-refractivity contribution in [3.05, 3.63) is 29.3 Å². The van der Waals surface area contributed by atoms with Gasteiger partial charge in [-0.25, -0.2) is 13.2 Å². The zero-order valence-electron chi connectivity index (χ0n) is 11.5. The average molecular weight is 299 g/mol. The smallest absolute Gasteiger partial charge is 0.326 e. The molecule has 1 atom stereocenters. The Morgan fingerprint density at radius 3 is 2.40 bits per heavy atom. The van der Waals surface area contributed by atoms with Gasteiger partial charge in [-0.15, -0.1) is 0 Å². The third kappa shape index (κ3) is 3.80. The molecule has 0 spiro atoms. The van der Waals surface area contributed by atoms with Crippen LogP contribution in [0.1, 0.15) is 29.3 Å². The highest BCUT2D eigenvalue weighted by atomic mass is 32.2. The molecular formula is C13H17NO5S. The topological polar surface area (TPSA) is 101 Å². The van der Waals surface area contributed by atoms with E-state index < -0.39 is 27.8 Å². The first kappa shape index (κ1) is 16.2. The monoisotopic (exact) mass is 299 g/mol. The van der Waals surface area contributed by atoms with E-state index in [1.54, 1.807) is 13.8 Å². The highest BCUT2D eigenvalue weighted by Crippen LogP contribution is 2.16. The van der Waals surface area contributed by atoms with Crippen LogP contribution in [-0.2, 0) is 14.6 Å². The lowest BCUT2D eigenvalue weighted by atomic mass is 10.1. The number of benzene rings is 1. The summed E-state index contributed by atoms with van der Waals surface area (Å²) in [6.45, 7) is 3.29. The van der Waals surface area contributed by atoms with E-state index in [1.807, 2.05) is 0 Å². The fraction of sp³-hybridized carbons (Fsp3) is 0.385. The molecule has 1 unspecified atom stereocenters. The Labute approximate surface area is 117 Å². The van der Waals surface area contributed by atoms with Crippen LogP contribution in [-0.4, -0.2) is 37.7 Å². The molecule has 20 heavy (non-hydrogen) atoms. The van der Waals surface area contributed by atoms with Gasteiger partial charge in [0, 0.05) is 11.8 Å². The summed E-state index contributed by atoms with van der Waals surface area (Å²) >= 11 is 0. The lowest BCUT2D eigenvalue weighted by Gasteiger charge is -2.14. The quantitative estimate of drug-likeness (QED) is 0.844. The largest absolute Gasteiger partial charge is 0.480 e. The van der Waals surface area contributed by atoms with Gasteiger partial charge in [0.15, 0.2) is 9.84 Å². The van der Waals surface area contributed by atoms with Crippen LogP contribution in [0.3, 0.4) is 0 Å². The normalized spacial score (nSPS) is 12.8. The number of hydrogen-bond acceptors (Lipinski definition) is 4. The lowest BCUT2D eigenvalue weighted by Crippen LogP contribution is -2.40. The van der Waals surface area contributed by atoms with Crippen molar-refractivity contribution in [2.24, 2.45) is 0 Å². The molecule has 7 heteroatoms. The summed E-state index contributed by atoms with van der Waals surface area (Å²) in [4.78, 5) is 23.0. The van der Waals surface area contributed by atoms with Gasteiger partial charge in [-0.3, -0.25) is 4.79 Å². The number of nitrogens with one attached hydrogen (secondary N) is 1. The number of aliphatic carboxylic acids is 1. The average Bonchev–Trinajstić information content (AvgIpc) is 2.34. The number of carboxylic acids is 1. The number of hydrogen-bond donors (Lipinski definition) is 2. The molecule has 0 aromatic heterocycles. The second-order valence-corrected chi connectivity index (χ2v) is 6.54. The van der Waals surface area contributed by atoms with Gasteiger partial charge in [-0.1, -0.05) is 13.0 Å². The zero-order chi connectivity index (χ0) is 15.5. The Morgan fingerprint density at radius 1 is 1.35 bits per heavy atom. The standard InChI is InChI=1S/C13H17NO5S/c1-4-11(13(16)17)14-12(15)10-7-9(20(3,18)19)6-5-8(10)2/h5-7,11H,4H2,1-3H3,(H,14,15)(H,16,17). The van der Waals surface area contributed by atoms with Gasteiger partial charge >= 0.3 is 5.97 Å². The van der Waals surface area contributed by atoms with Crippen LogP contribution in [0.15, 0.2) is 23.1 Å². The fourth-order valence-electron chi connectivity index (χ4n) is 1.65. The zero-order valence-corrected chi connectivity index (χ0v) is 12.3. The van der Waals surface area contributed by atoms with Crippen molar-refractivity contribution in [1.29, 1.82) is 0 Å². The Bertz CT molecular complexity index is 636. The van der Waals surface area contributed by atoms with E-state index in [9.17, 15) is 18.0 Å². The van der Waals surface area contributed by atoms with Crippen LogP contribution in [0.2, 0.25) is 0 Å². The molecule has 0 saturated heterocycles. The number of rotatable bonds is 5. The van der Waals surface area contributed by atoms with Crippen molar-refractivity contribution in [3.63, 3.8) is 0 Å². The molecule has 0 aliphatic heterocycles. The number of aryl methyl sites for hydroxylation is 1. The Kier molecular flexibility index (Phi) is 4.88. The third-order valence-electron chi connectivity index (χ3n) is 2.89. The number of carbonyl (C=O) groups is 2. The van der Waals surface area contributed by atoms with Gasteiger partial charge in [0.2, 0.25) is 0 Å². The Hall–Kier alpha value is -1.89. The Balaban J connectivity index is 3.13. The Morgan fingerprint density at radius 2 is 1.95 bits per heavy atom. The maximum atomic E-state index is 12.0. The number of carboxylic acid groups (broad SMARTS) is 1. The maximum absolute atomic E-state index is 12.0. The molecule has 0 radical (unpaired) electrons. The molecule has 110 valence electrons. The van der Waals surface area contributed by atoms with E-state index in [0.29, 0.717) is 5.56 Å². The lowest BCUT2D eigenvalue weighted by molar-refractivity contribution is -0.139. The minimum absolute atomic E-state index is 0.0247. The molecule has 1 rings (SSSR count). The molecule has 0 bridgehead atoms. The first-order valence-electron chi connectivity index (χ1n) is 6.01. The van der Waals surface area contributed by atoms with E-state index >= 15 is 0 Å². The van der Waals surface area contributed by atoms with E-state index in [-0.39, 0.29) is 16.9 Å². The van der Waals surface area contributed by atoms with Gasteiger partial charge < -0.3 is 10.4 Å². The molecule has 0 aliphatic rings. The first-order chi connectivity index (χ1) is 9.16. The maximum Gasteiger partial charge on any atom is 0.326 e. The van der Waals surface area contributed by atoms with Gasteiger partial charge in [0.05, 0.1) is 4.90 Å². The van der Waals surface area contributed by atoms with Crippen molar-refractivity contribution in [2.75, 3.05) is 6.26 Å². The fourth-order valence-corrected chi connectivity index (χ4v) is 2.30. The minimum atomic E-state index is -3.42.